The van der Waals surface area contributed by atoms with Gasteiger partial charge in [-0.3, -0.25) is 9.78 Å². The molecule has 0 saturated carbocycles. The Kier molecular flexibility index (Phi) is 5.30. The number of carbonyl (C=O) groups is 1. The van der Waals surface area contributed by atoms with Crippen molar-refractivity contribution in [1.82, 2.24) is 14.9 Å². The molecule has 1 unspecified atom stereocenters. The number of nitrogens with zero attached hydrogens (tertiary/aromatic N) is 3. The Hall–Kier alpha value is -1.73. The first-order valence-corrected chi connectivity index (χ1v) is 8.42. The maximum Gasteiger partial charge on any atom is 0.248 e. The number of likely N-dealkylation sites (tertiary alicyclic amines) is 1. The number of aryl methyl sites for hydroxylation is 1. The number of rotatable bonds is 6. The van der Waals surface area contributed by atoms with E-state index in [0.29, 0.717) is 31.5 Å². The zero-order valence-electron chi connectivity index (χ0n) is 14.4. The topological polar surface area (TPSA) is 73.8 Å². The molecular weight excluding hydrogens is 310 g/mol. The van der Waals surface area contributed by atoms with Crippen LogP contribution in [0.1, 0.15) is 25.0 Å². The summed E-state index contributed by atoms with van der Waals surface area (Å²) in [4.78, 5) is 22.0. The van der Waals surface area contributed by atoms with Crippen LogP contribution in [0.15, 0.2) is 12.4 Å². The molecule has 0 N–H and O–H groups in total. The van der Waals surface area contributed by atoms with Gasteiger partial charge in [0.15, 0.2) is 0 Å². The number of hydrogen-bond donors (Lipinski definition) is 0. The Bertz CT molecular complexity index is 575. The molecule has 2 aliphatic rings. The van der Waals surface area contributed by atoms with Gasteiger partial charge in [0, 0.05) is 19.9 Å². The van der Waals surface area contributed by atoms with Gasteiger partial charge in [-0.25, -0.2) is 4.98 Å². The van der Waals surface area contributed by atoms with E-state index in [1.54, 1.807) is 19.5 Å². The van der Waals surface area contributed by atoms with Crippen molar-refractivity contribution in [2.45, 2.75) is 31.8 Å². The second-order valence-electron chi connectivity index (χ2n) is 6.71. The summed E-state index contributed by atoms with van der Waals surface area (Å²) in [5.41, 5.74) is 0.697. The molecule has 1 aromatic heterocycles. The molecule has 3 rings (SSSR count). The van der Waals surface area contributed by atoms with Crippen LogP contribution in [0, 0.1) is 12.8 Å². The van der Waals surface area contributed by atoms with Gasteiger partial charge in [-0.2, -0.15) is 0 Å². The largest absolute Gasteiger partial charge is 0.477 e. The van der Waals surface area contributed by atoms with E-state index in [1.165, 1.54) is 0 Å². The predicted octanol–water partition coefficient (Wildman–Crippen LogP) is 1.21. The Morgan fingerprint density at radius 3 is 3.04 bits per heavy atom. The highest BCUT2D eigenvalue weighted by molar-refractivity contribution is 5.78. The van der Waals surface area contributed by atoms with Gasteiger partial charge in [0.25, 0.3) is 0 Å². The van der Waals surface area contributed by atoms with E-state index in [9.17, 15) is 4.79 Å². The molecule has 132 valence electrons. The average molecular weight is 335 g/mol. The summed E-state index contributed by atoms with van der Waals surface area (Å²) in [6.45, 7) is 4.78. The first-order valence-electron chi connectivity index (χ1n) is 8.42. The smallest absolute Gasteiger partial charge is 0.248 e. The first kappa shape index (κ1) is 17.1. The molecule has 0 aliphatic carbocycles. The second kappa shape index (κ2) is 7.44. The van der Waals surface area contributed by atoms with E-state index in [2.05, 4.69) is 9.97 Å². The summed E-state index contributed by atoms with van der Waals surface area (Å²) < 4.78 is 16.6. The molecule has 0 aromatic carbocycles. The van der Waals surface area contributed by atoms with Crippen molar-refractivity contribution in [3.8, 4) is 5.88 Å². The van der Waals surface area contributed by atoms with Crippen LogP contribution in [0.2, 0.25) is 0 Å². The van der Waals surface area contributed by atoms with Gasteiger partial charge in [-0.15, -0.1) is 0 Å². The maximum absolute atomic E-state index is 11.8. The molecule has 1 aromatic rings. The maximum atomic E-state index is 11.8. The highest BCUT2D eigenvalue weighted by Gasteiger charge is 2.48. The lowest BCUT2D eigenvalue weighted by molar-refractivity contribution is -0.190. The van der Waals surface area contributed by atoms with Crippen LogP contribution in [0.5, 0.6) is 5.88 Å². The summed E-state index contributed by atoms with van der Waals surface area (Å²) >= 11 is 0. The third-order valence-electron chi connectivity index (χ3n) is 4.68. The van der Waals surface area contributed by atoms with Gasteiger partial charge in [-0.1, -0.05) is 0 Å². The lowest BCUT2D eigenvalue weighted by Gasteiger charge is -2.53. The molecule has 2 saturated heterocycles. The molecule has 7 heteroatoms. The zero-order valence-corrected chi connectivity index (χ0v) is 14.4. The number of aromatic nitrogens is 2. The minimum atomic E-state index is -0.157. The van der Waals surface area contributed by atoms with Gasteiger partial charge >= 0.3 is 0 Å². The van der Waals surface area contributed by atoms with Crippen LogP contribution >= 0.6 is 0 Å². The second-order valence-corrected chi connectivity index (χ2v) is 6.71. The lowest BCUT2D eigenvalue weighted by Crippen LogP contribution is -2.67. The third kappa shape index (κ3) is 4.02. The van der Waals surface area contributed by atoms with Gasteiger partial charge in [0.1, 0.15) is 12.2 Å². The number of hydrogen-bond acceptors (Lipinski definition) is 6. The number of carbonyl (C=O) groups excluding carboxylic acids is 1. The SMILES string of the molecule is COCC(=O)N1CC2(CC(CCOc3cncc(C)n3)CCO2)C1. The Morgan fingerprint density at radius 1 is 1.46 bits per heavy atom. The van der Waals surface area contributed by atoms with Gasteiger partial charge in [0.05, 0.1) is 31.6 Å². The fourth-order valence-corrected chi connectivity index (χ4v) is 3.48. The third-order valence-corrected chi connectivity index (χ3v) is 4.68. The summed E-state index contributed by atoms with van der Waals surface area (Å²) in [5, 5.41) is 0. The summed E-state index contributed by atoms with van der Waals surface area (Å²) in [6.07, 6.45) is 6.34. The Balaban J connectivity index is 1.42. The number of methoxy groups -OCH3 is 1. The van der Waals surface area contributed by atoms with Crippen LogP contribution < -0.4 is 4.74 Å². The van der Waals surface area contributed by atoms with Crippen molar-refractivity contribution >= 4 is 5.91 Å². The zero-order chi connectivity index (χ0) is 17.0. The monoisotopic (exact) mass is 335 g/mol. The van der Waals surface area contributed by atoms with E-state index in [1.807, 2.05) is 11.8 Å². The summed E-state index contributed by atoms with van der Waals surface area (Å²) in [5.74, 6) is 1.17. The normalized spacial score (nSPS) is 22.2. The lowest BCUT2D eigenvalue weighted by atomic mass is 9.79. The molecule has 1 spiro atoms. The Labute approximate surface area is 142 Å². The Morgan fingerprint density at radius 2 is 2.29 bits per heavy atom. The van der Waals surface area contributed by atoms with Crippen molar-refractivity contribution in [3.05, 3.63) is 18.1 Å². The van der Waals surface area contributed by atoms with E-state index in [4.69, 9.17) is 14.2 Å². The number of amides is 1. The standard InChI is InChI=1S/C17H25N3O4/c1-13-8-18-9-15(19-13)23-5-3-14-4-6-24-17(7-14)11-20(12-17)16(21)10-22-2/h8-9,14H,3-7,10-12H2,1-2H3. The van der Waals surface area contributed by atoms with Crippen LogP contribution in [0.3, 0.4) is 0 Å². The van der Waals surface area contributed by atoms with Crippen molar-refractivity contribution in [2.24, 2.45) is 5.92 Å². The average Bonchev–Trinajstić information content (AvgIpc) is 2.53. The minimum absolute atomic E-state index is 0.0372. The molecule has 1 atom stereocenters. The van der Waals surface area contributed by atoms with Gasteiger partial charge in [-0.05, 0) is 32.1 Å². The summed E-state index contributed by atoms with van der Waals surface area (Å²) in [6, 6.07) is 0. The van der Waals surface area contributed by atoms with Crippen LogP contribution in [0.25, 0.3) is 0 Å². The summed E-state index contributed by atoms with van der Waals surface area (Å²) in [7, 11) is 1.54. The van der Waals surface area contributed by atoms with Crippen LogP contribution in [-0.2, 0) is 14.3 Å². The van der Waals surface area contributed by atoms with Crippen molar-refractivity contribution in [2.75, 3.05) is 40.0 Å². The molecule has 0 radical (unpaired) electrons. The van der Waals surface area contributed by atoms with Crippen molar-refractivity contribution in [1.29, 1.82) is 0 Å². The van der Waals surface area contributed by atoms with Gasteiger partial charge < -0.3 is 19.1 Å². The number of ether oxygens (including phenoxy) is 3. The van der Waals surface area contributed by atoms with E-state index in [-0.39, 0.29) is 18.1 Å². The molecule has 0 bridgehead atoms. The molecular formula is C17H25N3O4. The molecule has 7 nitrogen and oxygen atoms in total. The quantitative estimate of drug-likeness (QED) is 0.778. The van der Waals surface area contributed by atoms with E-state index < -0.39 is 0 Å². The molecule has 2 aliphatic heterocycles. The van der Waals surface area contributed by atoms with Crippen molar-refractivity contribution < 1.29 is 19.0 Å². The fraction of sp³-hybridized carbons (Fsp3) is 0.706. The predicted molar refractivity (Wildman–Crippen MR) is 86.7 cm³/mol. The van der Waals surface area contributed by atoms with Crippen LogP contribution in [0.4, 0.5) is 0 Å². The molecule has 24 heavy (non-hydrogen) atoms. The first-order chi connectivity index (χ1) is 11.6. The van der Waals surface area contributed by atoms with E-state index >= 15 is 0 Å². The minimum Gasteiger partial charge on any atom is -0.477 e. The molecule has 3 heterocycles. The molecule has 2 fully saturated rings. The fourth-order valence-electron chi connectivity index (χ4n) is 3.48. The highest BCUT2D eigenvalue weighted by atomic mass is 16.5. The highest BCUT2D eigenvalue weighted by Crippen LogP contribution is 2.38. The van der Waals surface area contributed by atoms with Gasteiger partial charge in [0.2, 0.25) is 11.8 Å². The van der Waals surface area contributed by atoms with Crippen LogP contribution in [-0.4, -0.2) is 66.4 Å². The van der Waals surface area contributed by atoms with E-state index in [0.717, 1.165) is 31.6 Å². The molecule has 1 amide bonds. The van der Waals surface area contributed by atoms with Crippen molar-refractivity contribution in [3.63, 3.8) is 0 Å².